The first-order valence-electron chi connectivity index (χ1n) is 15.7. The van der Waals surface area contributed by atoms with Gasteiger partial charge in [-0.05, 0) is 77.8 Å². The molecule has 1 spiro atoms. The van der Waals surface area contributed by atoms with Gasteiger partial charge in [0.25, 0.3) is 0 Å². The highest BCUT2D eigenvalue weighted by Crippen LogP contribution is 2.49. The van der Waals surface area contributed by atoms with E-state index in [0.717, 1.165) is 17.5 Å². The van der Waals surface area contributed by atoms with Crippen molar-refractivity contribution in [2.75, 3.05) is 26.7 Å². The number of rotatable bonds is 9. The largest absolute Gasteiger partial charge is 0.444 e. The van der Waals surface area contributed by atoms with Crippen LogP contribution in [-0.4, -0.2) is 77.5 Å². The van der Waals surface area contributed by atoms with E-state index in [-0.39, 0.29) is 17.7 Å². The SMILES string of the molecule is CN1CC(c2ccccc2)C2(CCCN(C(=O)[C@@H](CCCc3ccccc3)NC(=O)C(C)(C)NC(=O)OC(C)(C)C)C2)C1=O. The van der Waals surface area contributed by atoms with Gasteiger partial charge in [0.1, 0.15) is 17.2 Å². The molecule has 4 rings (SSSR count). The first-order chi connectivity index (χ1) is 20.7. The van der Waals surface area contributed by atoms with Crippen LogP contribution in [0, 0.1) is 5.41 Å². The van der Waals surface area contributed by atoms with Gasteiger partial charge in [0.2, 0.25) is 17.7 Å². The molecule has 2 aromatic rings. The molecular formula is C35H48N4O5. The average Bonchev–Trinajstić information content (AvgIpc) is 3.20. The second-order valence-corrected chi connectivity index (χ2v) is 13.8. The van der Waals surface area contributed by atoms with Crippen molar-refractivity contribution in [1.29, 1.82) is 0 Å². The van der Waals surface area contributed by atoms with E-state index in [1.165, 1.54) is 0 Å². The highest BCUT2D eigenvalue weighted by Gasteiger charge is 2.55. The number of ether oxygens (including phenoxy) is 1. The maximum atomic E-state index is 14.3. The molecule has 0 aromatic heterocycles. The van der Waals surface area contributed by atoms with Crippen LogP contribution in [0.3, 0.4) is 0 Å². The van der Waals surface area contributed by atoms with Crippen LogP contribution in [0.1, 0.15) is 77.3 Å². The molecule has 2 N–H and O–H groups in total. The highest BCUT2D eigenvalue weighted by atomic mass is 16.6. The summed E-state index contributed by atoms with van der Waals surface area (Å²) >= 11 is 0. The van der Waals surface area contributed by atoms with Gasteiger partial charge >= 0.3 is 6.09 Å². The second-order valence-electron chi connectivity index (χ2n) is 13.8. The van der Waals surface area contributed by atoms with Crippen molar-refractivity contribution in [3.05, 3.63) is 71.8 Å². The van der Waals surface area contributed by atoms with Crippen LogP contribution >= 0.6 is 0 Å². The highest BCUT2D eigenvalue weighted by molar-refractivity contribution is 5.94. The van der Waals surface area contributed by atoms with Gasteiger partial charge in [-0.15, -0.1) is 0 Å². The summed E-state index contributed by atoms with van der Waals surface area (Å²) in [7, 11) is 1.83. The summed E-state index contributed by atoms with van der Waals surface area (Å²) in [6.07, 6.45) is 2.54. The number of aryl methyl sites for hydroxylation is 1. The Hall–Kier alpha value is -3.88. The van der Waals surface area contributed by atoms with Crippen LogP contribution in [0.15, 0.2) is 60.7 Å². The van der Waals surface area contributed by atoms with Gasteiger partial charge in [-0.1, -0.05) is 60.7 Å². The van der Waals surface area contributed by atoms with E-state index in [9.17, 15) is 19.2 Å². The smallest absolute Gasteiger partial charge is 0.408 e. The predicted octanol–water partition coefficient (Wildman–Crippen LogP) is 4.66. The molecule has 2 aliphatic heterocycles. The lowest BCUT2D eigenvalue weighted by Crippen LogP contribution is -2.61. The van der Waals surface area contributed by atoms with Gasteiger partial charge in [0.15, 0.2) is 0 Å². The molecule has 0 bridgehead atoms. The number of nitrogens with one attached hydrogen (secondary N) is 2. The van der Waals surface area contributed by atoms with Crippen LogP contribution in [0.25, 0.3) is 0 Å². The van der Waals surface area contributed by atoms with E-state index in [4.69, 9.17) is 4.74 Å². The molecule has 9 heteroatoms. The summed E-state index contributed by atoms with van der Waals surface area (Å²) in [6, 6.07) is 19.3. The first-order valence-corrected chi connectivity index (χ1v) is 15.7. The topological polar surface area (TPSA) is 108 Å². The molecule has 2 unspecified atom stereocenters. The summed E-state index contributed by atoms with van der Waals surface area (Å²) in [5.74, 6) is -0.643. The van der Waals surface area contributed by atoms with Crippen molar-refractivity contribution in [3.63, 3.8) is 0 Å². The Morgan fingerprint density at radius 1 is 1.00 bits per heavy atom. The minimum Gasteiger partial charge on any atom is -0.444 e. The molecule has 2 fully saturated rings. The molecular weight excluding hydrogens is 556 g/mol. The number of carbonyl (C=O) groups is 4. The van der Waals surface area contributed by atoms with Gasteiger partial charge in [-0.25, -0.2) is 4.79 Å². The maximum Gasteiger partial charge on any atom is 0.408 e. The lowest BCUT2D eigenvalue weighted by Gasteiger charge is -2.43. The van der Waals surface area contributed by atoms with Crippen LogP contribution in [0.4, 0.5) is 4.79 Å². The van der Waals surface area contributed by atoms with Gasteiger partial charge in [-0.2, -0.15) is 0 Å². The fourth-order valence-corrected chi connectivity index (χ4v) is 6.49. The number of likely N-dealkylation sites (tertiary alicyclic amines) is 2. The monoisotopic (exact) mass is 604 g/mol. The number of amides is 4. The summed E-state index contributed by atoms with van der Waals surface area (Å²) in [6.45, 7) is 9.86. The summed E-state index contributed by atoms with van der Waals surface area (Å²) in [5, 5.41) is 5.60. The quantitative estimate of drug-likeness (QED) is 0.433. The number of alkyl carbamates (subject to hydrolysis) is 1. The lowest BCUT2D eigenvalue weighted by molar-refractivity contribution is -0.146. The molecule has 2 heterocycles. The van der Waals surface area contributed by atoms with Gasteiger partial charge < -0.3 is 25.2 Å². The van der Waals surface area contributed by atoms with Crippen molar-refractivity contribution in [3.8, 4) is 0 Å². The Balaban J connectivity index is 1.54. The zero-order valence-corrected chi connectivity index (χ0v) is 27.0. The molecule has 2 saturated heterocycles. The molecule has 2 aliphatic rings. The molecule has 0 radical (unpaired) electrons. The van der Waals surface area contributed by atoms with Gasteiger partial charge in [0.05, 0.1) is 5.41 Å². The molecule has 4 amide bonds. The summed E-state index contributed by atoms with van der Waals surface area (Å²) in [4.78, 5) is 57.6. The van der Waals surface area contributed by atoms with Crippen molar-refractivity contribution in [1.82, 2.24) is 20.4 Å². The first kappa shape index (κ1) is 33.0. The van der Waals surface area contributed by atoms with Crippen molar-refractivity contribution >= 4 is 23.8 Å². The van der Waals surface area contributed by atoms with Crippen molar-refractivity contribution in [2.24, 2.45) is 5.41 Å². The number of benzene rings is 2. The van der Waals surface area contributed by atoms with Crippen LogP contribution in [-0.2, 0) is 25.5 Å². The number of likely N-dealkylation sites (N-methyl/N-ethyl adjacent to an activating group) is 1. The Morgan fingerprint density at radius 2 is 1.64 bits per heavy atom. The standard InChI is InChI=1S/C35H48N4O5/c1-33(2,3)44-32(43)37-34(4,5)30(41)36-28(20-13-17-25-15-9-7-10-16-25)29(40)39-22-14-21-35(24-39)27(23-38(6)31(35)42)26-18-11-8-12-19-26/h7-12,15-16,18-19,27-28H,13-14,17,20-24H2,1-6H3,(H,36,41)(H,37,43)/t27?,28-,35?/m1/s1. The predicted molar refractivity (Wildman–Crippen MR) is 170 cm³/mol. The zero-order valence-electron chi connectivity index (χ0n) is 27.0. The lowest BCUT2D eigenvalue weighted by atomic mass is 9.69. The minimum absolute atomic E-state index is 0.0279. The average molecular weight is 605 g/mol. The van der Waals surface area contributed by atoms with Gasteiger partial charge in [-0.3, -0.25) is 14.4 Å². The maximum absolute atomic E-state index is 14.3. The molecule has 0 saturated carbocycles. The van der Waals surface area contributed by atoms with Crippen LogP contribution in [0.2, 0.25) is 0 Å². The normalized spacial score (nSPS) is 21.2. The zero-order chi connectivity index (χ0) is 32.1. The molecule has 2 aromatic carbocycles. The third-order valence-corrected chi connectivity index (χ3v) is 8.72. The number of hydrogen-bond donors (Lipinski definition) is 2. The van der Waals surface area contributed by atoms with E-state index in [2.05, 4.69) is 22.8 Å². The Labute approximate surface area is 261 Å². The second kappa shape index (κ2) is 13.4. The fourth-order valence-electron chi connectivity index (χ4n) is 6.49. The molecule has 238 valence electrons. The Morgan fingerprint density at radius 3 is 2.27 bits per heavy atom. The Kier molecular flexibility index (Phi) is 10.1. The number of piperidine rings is 1. The van der Waals surface area contributed by atoms with E-state index < -0.39 is 34.6 Å². The summed E-state index contributed by atoms with van der Waals surface area (Å²) in [5.41, 5.74) is -0.506. The minimum atomic E-state index is -1.33. The van der Waals surface area contributed by atoms with Crippen LogP contribution < -0.4 is 10.6 Å². The van der Waals surface area contributed by atoms with E-state index in [1.807, 2.05) is 55.6 Å². The van der Waals surface area contributed by atoms with E-state index in [0.29, 0.717) is 45.3 Å². The molecule has 3 atom stereocenters. The molecule has 9 nitrogen and oxygen atoms in total. The number of nitrogens with zero attached hydrogens (tertiary/aromatic N) is 2. The van der Waals surface area contributed by atoms with Crippen LogP contribution in [0.5, 0.6) is 0 Å². The number of hydrogen-bond acceptors (Lipinski definition) is 5. The van der Waals surface area contributed by atoms with Gasteiger partial charge in [0, 0.05) is 32.6 Å². The van der Waals surface area contributed by atoms with E-state index in [1.54, 1.807) is 44.4 Å². The molecule has 44 heavy (non-hydrogen) atoms. The van der Waals surface area contributed by atoms with E-state index >= 15 is 0 Å². The third kappa shape index (κ3) is 7.79. The summed E-state index contributed by atoms with van der Waals surface area (Å²) < 4.78 is 5.36. The fraction of sp³-hybridized carbons (Fsp3) is 0.543. The number of carbonyl (C=O) groups excluding carboxylic acids is 4. The van der Waals surface area contributed by atoms with Crippen molar-refractivity contribution in [2.45, 2.75) is 89.8 Å². The Bertz CT molecular complexity index is 1320. The third-order valence-electron chi connectivity index (χ3n) is 8.72. The van der Waals surface area contributed by atoms with Crippen molar-refractivity contribution < 1.29 is 23.9 Å². The molecule has 0 aliphatic carbocycles.